The van der Waals surface area contributed by atoms with Gasteiger partial charge in [-0.15, -0.1) is 0 Å². The van der Waals surface area contributed by atoms with Crippen LogP contribution in [0.3, 0.4) is 0 Å². The molecule has 0 spiro atoms. The Morgan fingerprint density at radius 1 is 1.58 bits per heavy atom. The van der Waals surface area contributed by atoms with Gasteiger partial charge in [0.1, 0.15) is 6.29 Å². The molecule has 2 nitrogen and oxygen atoms in total. The summed E-state index contributed by atoms with van der Waals surface area (Å²) in [6, 6.07) is 0. The van der Waals surface area contributed by atoms with Crippen LogP contribution in [0.2, 0.25) is 0 Å². The lowest BCUT2D eigenvalue weighted by Crippen LogP contribution is -2.39. The van der Waals surface area contributed by atoms with Crippen molar-refractivity contribution < 1.29 is 9.90 Å². The number of aliphatic hydroxyl groups is 1. The third kappa shape index (κ3) is 1.53. The highest BCUT2D eigenvalue weighted by molar-refractivity contribution is 5.59. The smallest absolute Gasteiger partial charge is 0.125 e. The van der Waals surface area contributed by atoms with Gasteiger partial charge >= 0.3 is 0 Å². The fraction of sp³-hybridized carbons (Fsp3) is 0.900. The van der Waals surface area contributed by atoms with Crippen molar-refractivity contribution in [2.75, 3.05) is 0 Å². The van der Waals surface area contributed by atoms with E-state index in [0.717, 1.165) is 25.5 Å². The summed E-state index contributed by atoms with van der Waals surface area (Å²) in [5, 5.41) is 9.96. The molecule has 1 fully saturated rings. The van der Waals surface area contributed by atoms with E-state index < -0.39 is 5.60 Å². The summed E-state index contributed by atoms with van der Waals surface area (Å²) < 4.78 is 0. The molecule has 1 N–H and O–H groups in total. The second kappa shape index (κ2) is 2.84. The van der Waals surface area contributed by atoms with E-state index in [1.165, 1.54) is 0 Å². The molecule has 0 bridgehead atoms. The van der Waals surface area contributed by atoms with Crippen molar-refractivity contribution in [2.45, 2.75) is 45.6 Å². The minimum Gasteiger partial charge on any atom is -0.390 e. The zero-order chi connectivity index (χ0) is 9.41. The molecule has 0 heterocycles. The highest BCUT2D eigenvalue weighted by atomic mass is 16.3. The van der Waals surface area contributed by atoms with Crippen LogP contribution in [0.25, 0.3) is 0 Å². The third-order valence-corrected chi connectivity index (χ3v) is 3.13. The summed E-state index contributed by atoms with van der Waals surface area (Å²) in [6.07, 6.45) is 3.81. The monoisotopic (exact) mass is 170 g/mol. The molecule has 2 unspecified atom stereocenters. The fourth-order valence-electron chi connectivity index (χ4n) is 2.40. The molecular formula is C10H18O2. The van der Waals surface area contributed by atoms with Crippen molar-refractivity contribution in [2.24, 2.45) is 11.3 Å². The van der Waals surface area contributed by atoms with Gasteiger partial charge in [-0.1, -0.05) is 20.3 Å². The van der Waals surface area contributed by atoms with Gasteiger partial charge in [0.15, 0.2) is 0 Å². The topological polar surface area (TPSA) is 37.3 Å². The van der Waals surface area contributed by atoms with Crippen molar-refractivity contribution in [1.82, 2.24) is 0 Å². The average Bonchev–Trinajstić information content (AvgIpc) is 2.30. The SMILES string of the molecule is CC(C)(C=O)C1CCCC1(C)O. The van der Waals surface area contributed by atoms with Crippen LogP contribution in [-0.2, 0) is 4.79 Å². The van der Waals surface area contributed by atoms with Crippen LogP contribution in [0.15, 0.2) is 0 Å². The molecule has 0 radical (unpaired) electrons. The van der Waals surface area contributed by atoms with E-state index >= 15 is 0 Å². The van der Waals surface area contributed by atoms with E-state index in [4.69, 9.17) is 0 Å². The van der Waals surface area contributed by atoms with Gasteiger partial charge < -0.3 is 9.90 Å². The van der Waals surface area contributed by atoms with Crippen molar-refractivity contribution in [3.63, 3.8) is 0 Å². The highest BCUT2D eigenvalue weighted by Gasteiger charge is 2.45. The van der Waals surface area contributed by atoms with Crippen LogP contribution in [0, 0.1) is 11.3 Å². The maximum atomic E-state index is 10.8. The molecule has 1 saturated carbocycles. The number of rotatable bonds is 2. The Kier molecular flexibility index (Phi) is 2.30. The number of hydrogen-bond acceptors (Lipinski definition) is 2. The lowest BCUT2D eigenvalue weighted by molar-refractivity contribution is -0.122. The molecule has 0 aliphatic heterocycles. The Hall–Kier alpha value is -0.370. The summed E-state index contributed by atoms with van der Waals surface area (Å²) in [5.41, 5.74) is -1.01. The molecule has 0 saturated heterocycles. The number of carbonyl (C=O) groups is 1. The zero-order valence-corrected chi connectivity index (χ0v) is 8.13. The molecule has 70 valence electrons. The summed E-state index contributed by atoms with van der Waals surface area (Å²) in [7, 11) is 0. The van der Waals surface area contributed by atoms with Gasteiger partial charge in [-0.2, -0.15) is 0 Å². The number of carbonyl (C=O) groups excluding carboxylic acids is 1. The molecule has 0 aromatic heterocycles. The van der Waals surface area contributed by atoms with Crippen molar-refractivity contribution in [1.29, 1.82) is 0 Å². The van der Waals surface area contributed by atoms with E-state index in [2.05, 4.69) is 0 Å². The van der Waals surface area contributed by atoms with Crippen LogP contribution in [-0.4, -0.2) is 17.0 Å². The van der Waals surface area contributed by atoms with Crippen molar-refractivity contribution in [3.8, 4) is 0 Å². The van der Waals surface area contributed by atoms with E-state index in [-0.39, 0.29) is 11.3 Å². The fourth-order valence-corrected chi connectivity index (χ4v) is 2.40. The molecule has 1 rings (SSSR count). The van der Waals surface area contributed by atoms with Crippen LogP contribution < -0.4 is 0 Å². The first-order valence-corrected chi connectivity index (χ1v) is 4.59. The lowest BCUT2D eigenvalue weighted by Gasteiger charge is -2.35. The summed E-state index contributed by atoms with van der Waals surface area (Å²) in [6.45, 7) is 5.66. The third-order valence-electron chi connectivity index (χ3n) is 3.13. The van der Waals surface area contributed by atoms with Gasteiger partial charge in [0.25, 0.3) is 0 Å². The zero-order valence-electron chi connectivity index (χ0n) is 8.13. The minimum atomic E-state index is -0.635. The first kappa shape index (κ1) is 9.72. The predicted octanol–water partition coefficient (Wildman–Crippen LogP) is 1.76. The largest absolute Gasteiger partial charge is 0.390 e. The molecule has 0 aromatic carbocycles. The van der Waals surface area contributed by atoms with E-state index in [1.807, 2.05) is 20.8 Å². The maximum absolute atomic E-state index is 10.8. The Bertz CT molecular complexity index is 182. The Morgan fingerprint density at radius 3 is 2.50 bits per heavy atom. The van der Waals surface area contributed by atoms with Gasteiger partial charge in [-0.25, -0.2) is 0 Å². The summed E-state index contributed by atoms with van der Waals surface area (Å²) >= 11 is 0. The average molecular weight is 170 g/mol. The highest BCUT2D eigenvalue weighted by Crippen LogP contribution is 2.44. The molecule has 0 amide bonds. The first-order valence-electron chi connectivity index (χ1n) is 4.59. The molecule has 0 aromatic rings. The lowest BCUT2D eigenvalue weighted by atomic mass is 9.73. The second-order valence-electron chi connectivity index (χ2n) is 4.74. The summed E-state index contributed by atoms with van der Waals surface area (Å²) in [5.74, 6) is 0.127. The van der Waals surface area contributed by atoms with Gasteiger partial charge in [-0.05, 0) is 25.7 Å². The van der Waals surface area contributed by atoms with E-state index in [0.29, 0.717) is 0 Å². The number of hydrogen-bond donors (Lipinski definition) is 1. The molecule has 2 heteroatoms. The molecule has 1 aliphatic rings. The van der Waals surface area contributed by atoms with Crippen molar-refractivity contribution in [3.05, 3.63) is 0 Å². The van der Waals surface area contributed by atoms with E-state index in [9.17, 15) is 9.90 Å². The van der Waals surface area contributed by atoms with Gasteiger partial charge in [-0.3, -0.25) is 0 Å². The van der Waals surface area contributed by atoms with Crippen LogP contribution in [0.4, 0.5) is 0 Å². The Labute approximate surface area is 74.0 Å². The standard InChI is InChI=1S/C10H18O2/c1-9(2,7-11)8-5-4-6-10(8,3)12/h7-8,12H,4-6H2,1-3H3. The molecule has 2 atom stereocenters. The molecular weight excluding hydrogens is 152 g/mol. The van der Waals surface area contributed by atoms with Gasteiger partial charge in [0, 0.05) is 5.41 Å². The normalized spacial score (nSPS) is 36.8. The first-order chi connectivity index (χ1) is 5.40. The van der Waals surface area contributed by atoms with E-state index in [1.54, 1.807) is 0 Å². The molecule has 1 aliphatic carbocycles. The van der Waals surface area contributed by atoms with Crippen LogP contribution >= 0.6 is 0 Å². The Morgan fingerprint density at radius 2 is 2.17 bits per heavy atom. The summed E-state index contributed by atoms with van der Waals surface area (Å²) in [4.78, 5) is 10.8. The van der Waals surface area contributed by atoms with Crippen LogP contribution in [0.5, 0.6) is 0 Å². The number of aldehydes is 1. The Balaban J connectivity index is 2.81. The predicted molar refractivity (Wildman–Crippen MR) is 47.8 cm³/mol. The van der Waals surface area contributed by atoms with Crippen LogP contribution in [0.1, 0.15) is 40.0 Å². The quantitative estimate of drug-likeness (QED) is 0.641. The van der Waals surface area contributed by atoms with Gasteiger partial charge in [0.05, 0.1) is 5.60 Å². The van der Waals surface area contributed by atoms with Crippen molar-refractivity contribution >= 4 is 6.29 Å². The second-order valence-corrected chi connectivity index (χ2v) is 4.74. The van der Waals surface area contributed by atoms with Gasteiger partial charge in [0.2, 0.25) is 0 Å². The minimum absolute atomic E-state index is 0.127. The molecule has 12 heavy (non-hydrogen) atoms. The maximum Gasteiger partial charge on any atom is 0.125 e.